The summed E-state index contributed by atoms with van der Waals surface area (Å²) in [6.07, 6.45) is 4.58. The molecule has 0 aliphatic rings. The van der Waals surface area contributed by atoms with E-state index in [1.165, 1.54) is 22.2 Å². The van der Waals surface area contributed by atoms with Crippen LogP contribution in [0.1, 0.15) is 5.82 Å². The first-order chi connectivity index (χ1) is 8.41. The molecule has 0 bridgehead atoms. The smallest absolute Gasteiger partial charge is 0.248 e. The van der Waals surface area contributed by atoms with Gasteiger partial charge in [0.2, 0.25) is 10.0 Å². The van der Waals surface area contributed by atoms with Crippen LogP contribution in [0.3, 0.4) is 0 Å². The van der Waals surface area contributed by atoms with Crippen molar-refractivity contribution in [2.24, 2.45) is 7.05 Å². The summed E-state index contributed by atoms with van der Waals surface area (Å²) in [5, 5.41) is 3.82. The van der Waals surface area contributed by atoms with Crippen molar-refractivity contribution in [2.75, 3.05) is 12.8 Å². The molecule has 98 valence electrons. The van der Waals surface area contributed by atoms with E-state index in [-0.39, 0.29) is 17.3 Å². The van der Waals surface area contributed by atoms with Crippen molar-refractivity contribution in [1.29, 1.82) is 0 Å². The molecule has 0 spiro atoms. The van der Waals surface area contributed by atoms with Gasteiger partial charge in [-0.05, 0) is 0 Å². The summed E-state index contributed by atoms with van der Waals surface area (Å²) in [5.41, 5.74) is 5.58. The fourth-order valence-electron chi connectivity index (χ4n) is 1.53. The predicted molar refractivity (Wildman–Crippen MR) is 64.9 cm³/mol. The molecule has 0 radical (unpaired) electrons. The zero-order valence-electron chi connectivity index (χ0n) is 10.0. The molecule has 0 amide bonds. The van der Waals surface area contributed by atoms with E-state index >= 15 is 0 Å². The molecule has 0 saturated heterocycles. The standard InChI is InChI=1S/C9H14N6O2S/c1-14-5-7(9(10)13-14)18(16,17)15(2)6-8-11-3-4-12-8/h3-5H,6H2,1-2H3,(H2,10,13)(H,11,12). The number of nitrogen functional groups attached to an aromatic ring is 1. The molecule has 0 saturated carbocycles. The van der Waals surface area contributed by atoms with Crippen LogP contribution in [-0.4, -0.2) is 39.5 Å². The molecule has 2 aromatic heterocycles. The number of imidazole rings is 1. The summed E-state index contributed by atoms with van der Waals surface area (Å²) < 4.78 is 27.0. The molecule has 0 aliphatic heterocycles. The number of sulfonamides is 1. The molecule has 2 heterocycles. The van der Waals surface area contributed by atoms with Crippen LogP contribution >= 0.6 is 0 Å². The first-order valence-corrected chi connectivity index (χ1v) is 6.59. The lowest BCUT2D eigenvalue weighted by atomic mass is 10.6. The van der Waals surface area contributed by atoms with Crippen LogP contribution in [0, 0.1) is 0 Å². The third-order valence-corrected chi connectivity index (χ3v) is 4.26. The normalized spacial score (nSPS) is 12.2. The average molecular weight is 270 g/mol. The van der Waals surface area contributed by atoms with Gasteiger partial charge in [0.1, 0.15) is 10.7 Å². The highest BCUT2D eigenvalue weighted by Crippen LogP contribution is 2.20. The highest BCUT2D eigenvalue weighted by Gasteiger charge is 2.26. The van der Waals surface area contributed by atoms with Gasteiger partial charge in [0, 0.05) is 32.7 Å². The Morgan fingerprint density at radius 2 is 2.28 bits per heavy atom. The Kier molecular flexibility index (Phi) is 3.09. The topological polar surface area (TPSA) is 110 Å². The molecule has 9 heteroatoms. The summed E-state index contributed by atoms with van der Waals surface area (Å²) in [6, 6.07) is 0. The van der Waals surface area contributed by atoms with Crippen molar-refractivity contribution in [3.05, 3.63) is 24.4 Å². The molecule has 0 aliphatic carbocycles. The van der Waals surface area contributed by atoms with Crippen LogP contribution < -0.4 is 5.73 Å². The maximum atomic E-state index is 12.2. The highest BCUT2D eigenvalue weighted by molar-refractivity contribution is 7.89. The van der Waals surface area contributed by atoms with Crippen LogP contribution in [-0.2, 0) is 23.6 Å². The average Bonchev–Trinajstić information content (AvgIpc) is 2.88. The Labute approximate surface area is 104 Å². The van der Waals surface area contributed by atoms with Gasteiger partial charge in [0.15, 0.2) is 5.82 Å². The molecule has 0 aromatic carbocycles. The van der Waals surface area contributed by atoms with E-state index in [1.54, 1.807) is 19.4 Å². The predicted octanol–water partition coefficient (Wildman–Crippen LogP) is -0.454. The van der Waals surface area contributed by atoms with Crippen LogP contribution in [0.5, 0.6) is 0 Å². The SMILES string of the molecule is CN(Cc1ncc[nH]1)S(=O)(=O)c1cn(C)nc1N. The molecule has 2 rings (SSSR count). The summed E-state index contributed by atoms with van der Waals surface area (Å²) in [6.45, 7) is 0.143. The van der Waals surface area contributed by atoms with Crippen LogP contribution in [0.25, 0.3) is 0 Å². The van der Waals surface area contributed by atoms with Gasteiger partial charge in [0.05, 0.1) is 6.54 Å². The number of hydrogen-bond acceptors (Lipinski definition) is 5. The number of hydrogen-bond donors (Lipinski definition) is 2. The van der Waals surface area contributed by atoms with Crippen molar-refractivity contribution in [3.63, 3.8) is 0 Å². The minimum absolute atomic E-state index is 0.000874. The molecule has 2 aromatic rings. The zero-order valence-corrected chi connectivity index (χ0v) is 10.8. The van der Waals surface area contributed by atoms with E-state index in [0.717, 1.165) is 0 Å². The summed E-state index contributed by atoms with van der Waals surface area (Å²) in [5.74, 6) is 0.548. The van der Waals surface area contributed by atoms with Gasteiger partial charge in [-0.1, -0.05) is 0 Å². The van der Waals surface area contributed by atoms with E-state index in [9.17, 15) is 8.42 Å². The van der Waals surface area contributed by atoms with Gasteiger partial charge in [0.25, 0.3) is 0 Å². The molecule has 18 heavy (non-hydrogen) atoms. The second kappa shape index (κ2) is 4.42. The summed E-state index contributed by atoms with van der Waals surface area (Å²) in [4.78, 5) is 6.82. The number of nitrogens with zero attached hydrogens (tertiary/aromatic N) is 4. The van der Waals surface area contributed by atoms with Crippen LogP contribution in [0.2, 0.25) is 0 Å². The Balaban J connectivity index is 2.28. The molecule has 0 unspecified atom stereocenters. The molecular formula is C9H14N6O2S. The van der Waals surface area contributed by atoms with Gasteiger partial charge in [-0.2, -0.15) is 9.40 Å². The number of nitrogens with one attached hydrogen (secondary N) is 1. The number of aromatic amines is 1. The molecule has 3 N–H and O–H groups in total. The second-order valence-corrected chi connectivity index (χ2v) is 5.86. The first kappa shape index (κ1) is 12.6. The van der Waals surface area contributed by atoms with E-state index in [2.05, 4.69) is 15.1 Å². The van der Waals surface area contributed by atoms with Crippen molar-refractivity contribution in [3.8, 4) is 0 Å². The zero-order chi connectivity index (χ0) is 13.3. The lowest BCUT2D eigenvalue weighted by Crippen LogP contribution is -2.27. The first-order valence-electron chi connectivity index (χ1n) is 5.15. The van der Waals surface area contributed by atoms with Crippen LogP contribution in [0.15, 0.2) is 23.5 Å². The number of rotatable bonds is 4. The Bertz CT molecular complexity index is 630. The van der Waals surface area contributed by atoms with Gasteiger partial charge in [-0.3, -0.25) is 4.68 Å². The monoisotopic (exact) mass is 270 g/mol. The van der Waals surface area contributed by atoms with Gasteiger partial charge in [-0.25, -0.2) is 13.4 Å². The quantitative estimate of drug-likeness (QED) is 0.781. The van der Waals surface area contributed by atoms with E-state index in [0.29, 0.717) is 5.82 Å². The Hall–Kier alpha value is -1.87. The number of H-pyrrole nitrogens is 1. The van der Waals surface area contributed by atoms with Gasteiger partial charge in [-0.15, -0.1) is 0 Å². The summed E-state index contributed by atoms with van der Waals surface area (Å²) in [7, 11) is -0.584. The molecule has 0 atom stereocenters. The molecule has 8 nitrogen and oxygen atoms in total. The number of nitrogens with two attached hydrogens (primary N) is 1. The number of anilines is 1. The van der Waals surface area contributed by atoms with Crippen molar-refractivity contribution < 1.29 is 8.42 Å². The lowest BCUT2D eigenvalue weighted by Gasteiger charge is -2.14. The third kappa shape index (κ3) is 2.22. The molecule has 0 fully saturated rings. The minimum Gasteiger partial charge on any atom is -0.381 e. The maximum absolute atomic E-state index is 12.2. The number of aromatic nitrogens is 4. The Morgan fingerprint density at radius 1 is 1.56 bits per heavy atom. The largest absolute Gasteiger partial charge is 0.381 e. The van der Waals surface area contributed by atoms with E-state index in [1.807, 2.05) is 0 Å². The van der Waals surface area contributed by atoms with Crippen molar-refractivity contribution in [1.82, 2.24) is 24.1 Å². The third-order valence-electron chi connectivity index (χ3n) is 2.44. The lowest BCUT2D eigenvalue weighted by molar-refractivity contribution is 0.458. The second-order valence-electron chi connectivity index (χ2n) is 3.85. The fourth-order valence-corrected chi connectivity index (χ4v) is 2.75. The van der Waals surface area contributed by atoms with E-state index in [4.69, 9.17) is 5.73 Å². The molecular weight excluding hydrogens is 256 g/mol. The number of aryl methyl sites for hydroxylation is 1. The van der Waals surface area contributed by atoms with Crippen molar-refractivity contribution >= 4 is 15.8 Å². The summed E-state index contributed by atoms with van der Waals surface area (Å²) >= 11 is 0. The van der Waals surface area contributed by atoms with E-state index < -0.39 is 10.0 Å². The highest BCUT2D eigenvalue weighted by atomic mass is 32.2. The minimum atomic E-state index is -3.66. The maximum Gasteiger partial charge on any atom is 0.248 e. The Morgan fingerprint density at radius 3 is 2.78 bits per heavy atom. The van der Waals surface area contributed by atoms with Crippen molar-refractivity contribution in [2.45, 2.75) is 11.4 Å². The van der Waals surface area contributed by atoms with Gasteiger partial charge < -0.3 is 10.7 Å². The van der Waals surface area contributed by atoms with Crippen LogP contribution in [0.4, 0.5) is 5.82 Å². The van der Waals surface area contributed by atoms with Gasteiger partial charge >= 0.3 is 0 Å². The fraction of sp³-hybridized carbons (Fsp3) is 0.333.